The molecule has 0 radical (unpaired) electrons. The van der Waals surface area contributed by atoms with Gasteiger partial charge in [-0.3, -0.25) is 9.59 Å². The summed E-state index contributed by atoms with van der Waals surface area (Å²) in [5, 5.41) is 8.72. The standard InChI is InChI=1S/C17H34N2O7/c1-3-9-23-13-25-11-7-19(8-12-26-14-24-10-4-2)17(22)15(18)5-6-16(20)21/h15H,3-14,18H2,1-2H3,(H,20,21)/t15-/m0/s1. The number of carboxylic acids is 1. The van der Waals surface area contributed by atoms with E-state index in [4.69, 9.17) is 29.8 Å². The van der Waals surface area contributed by atoms with Crippen LogP contribution in [0, 0.1) is 0 Å². The number of nitrogens with zero attached hydrogens (tertiary/aromatic N) is 1. The van der Waals surface area contributed by atoms with E-state index in [1.54, 1.807) is 0 Å². The van der Waals surface area contributed by atoms with Crippen molar-refractivity contribution in [1.29, 1.82) is 0 Å². The highest BCUT2D eigenvalue weighted by Crippen LogP contribution is 2.02. The van der Waals surface area contributed by atoms with Crippen molar-refractivity contribution >= 4 is 11.9 Å². The lowest BCUT2D eigenvalue weighted by Crippen LogP contribution is -2.46. The fraction of sp³-hybridized carbons (Fsp3) is 0.882. The van der Waals surface area contributed by atoms with Crippen molar-refractivity contribution in [2.45, 2.75) is 45.6 Å². The van der Waals surface area contributed by atoms with E-state index in [2.05, 4.69) is 0 Å². The molecule has 1 atom stereocenters. The van der Waals surface area contributed by atoms with Crippen molar-refractivity contribution in [3.63, 3.8) is 0 Å². The molecule has 9 heteroatoms. The van der Waals surface area contributed by atoms with Gasteiger partial charge in [0.05, 0.1) is 19.3 Å². The van der Waals surface area contributed by atoms with Crippen LogP contribution in [0.15, 0.2) is 0 Å². The Kier molecular flexibility index (Phi) is 16.3. The topological polar surface area (TPSA) is 121 Å². The summed E-state index contributed by atoms with van der Waals surface area (Å²) in [5.41, 5.74) is 5.82. The Labute approximate surface area is 155 Å². The van der Waals surface area contributed by atoms with Gasteiger partial charge in [-0.15, -0.1) is 0 Å². The average Bonchev–Trinajstić information content (AvgIpc) is 2.62. The van der Waals surface area contributed by atoms with E-state index in [9.17, 15) is 9.59 Å². The Balaban J connectivity index is 4.28. The molecule has 0 bridgehead atoms. The first-order chi connectivity index (χ1) is 12.5. The Morgan fingerprint density at radius 1 is 0.923 bits per heavy atom. The van der Waals surface area contributed by atoms with Crippen LogP contribution in [0.3, 0.4) is 0 Å². The van der Waals surface area contributed by atoms with E-state index in [1.165, 1.54) is 4.90 Å². The lowest BCUT2D eigenvalue weighted by Gasteiger charge is -2.25. The number of aliphatic carboxylic acids is 1. The number of carboxylic acid groups (broad SMARTS) is 1. The number of ether oxygens (including phenoxy) is 4. The predicted molar refractivity (Wildman–Crippen MR) is 95.5 cm³/mol. The van der Waals surface area contributed by atoms with Crippen LogP contribution < -0.4 is 5.73 Å². The third-order valence-corrected chi connectivity index (χ3v) is 3.34. The van der Waals surface area contributed by atoms with Gasteiger partial charge in [-0.2, -0.15) is 0 Å². The Morgan fingerprint density at radius 3 is 1.81 bits per heavy atom. The van der Waals surface area contributed by atoms with Crippen LogP contribution in [0.25, 0.3) is 0 Å². The third kappa shape index (κ3) is 14.0. The summed E-state index contributed by atoms with van der Waals surface area (Å²) in [4.78, 5) is 24.6. The highest BCUT2D eigenvalue weighted by molar-refractivity contribution is 5.82. The number of hydrogen-bond acceptors (Lipinski definition) is 7. The van der Waals surface area contributed by atoms with Gasteiger partial charge in [0.15, 0.2) is 0 Å². The average molecular weight is 378 g/mol. The maximum atomic E-state index is 12.4. The number of amides is 1. The van der Waals surface area contributed by atoms with Gasteiger partial charge in [0, 0.05) is 32.7 Å². The first kappa shape index (κ1) is 24.7. The quantitative estimate of drug-likeness (QED) is 0.265. The lowest BCUT2D eigenvalue weighted by atomic mass is 10.1. The summed E-state index contributed by atoms with van der Waals surface area (Å²) in [6.07, 6.45) is 1.75. The largest absolute Gasteiger partial charge is 0.481 e. The minimum absolute atomic E-state index is 0.0889. The third-order valence-electron chi connectivity index (χ3n) is 3.34. The van der Waals surface area contributed by atoms with Crippen molar-refractivity contribution in [3.8, 4) is 0 Å². The van der Waals surface area contributed by atoms with Gasteiger partial charge in [-0.25, -0.2) is 0 Å². The molecular weight excluding hydrogens is 344 g/mol. The number of nitrogens with two attached hydrogens (primary N) is 1. The van der Waals surface area contributed by atoms with Crippen LogP contribution in [-0.4, -0.2) is 81.0 Å². The molecular formula is C17H34N2O7. The zero-order valence-electron chi connectivity index (χ0n) is 16.0. The minimum atomic E-state index is -0.979. The molecule has 0 heterocycles. The fourth-order valence-electron chi connectivity index (χ4n) is 1.96. The predicted octanol–water partition coefficient (Wildman–Crippen LogP) is 0.809. The van der Waals surface area contributed by atoms with E-state index < -0.39 is 12.0 Å². The van der Waals surface area contributed by atoms with Crippen LogP contribution >= 0.6 is 0 Å². The van der Waals surface area contributed by atoms with E-state index in [0.29, 0.717) is 39.5 Å². The van der Waals surface area contributed by atoms with Gasteiger partial charge in [0.25, 0.3) is 0 Å². The molecule has 0 saturated heterocycles. The maximum absolute atomic E-state index is 12.4. The lowest BCUT2D eigenvalue weighted by molar-refractivity contribution is -0.138. The van der Waals surface area contributed by atoms with Crippen molar-refractivity contribution in [2.24, 2.45) is 5.73 Å². The zero-order chi connectivity index (χ0) is 19.6. The second-order valence-corrected chi connectivity index (χ2v) is 5.73. The van der Waals surface area contributed by atoms with Crippen LogP contribution in [0.2, 0.25) is 0 Å². The molecule has 0 aliphatic carbocycles. The molecule has 0 fully saturated rings. The van der Waals surface area contributed by atoms with Gasteiger partial charge in [-0.1, -0.05) is 13.8 Å². The summed E-state index contributed by atoms with van der Waals surface area (Å²) < 4.78 is 21.1. The highest BCUT2D eigenvalue weighted by Gasteiger charge is 2.21. The maximum Gasteiger partial charge on any atom is 0.303 e. The molecule has 0 spiro atoms. The molecule has 0 rings (SSSR count). The summed E-state index contributed by atoms with van der Waals surface area (Å²) in [6.45, 7) is 6.84. The fourth-order valence-corrected chi connectivity index (χ4v) is 1.96. The number of carbonyl (C=O) groups excluding carboxylic acids is 1. The monoisotopic (exact) mass is 378 g/mol. The van der Waals surface area contributed by atoms with Crippen molar-refractivity contribution in [2.75, 3.05) is 53.1 Å². The molecule has 0 saturated carbocycles. The Morgan fingerprint density at radius 2 is 1.38 bits per heavy atom. The van der Waals surface area contributed by atoms with Gasteiger partial charge in [0.1, 0.15) is 13.6 Å². The molecule has 0 aliphatic rings. The van der Waals surface area contributed by atoms with E-state index in [1.807, 2.05) is 13.8 Å². The minimum Gasteiger partial charge on any atom is -0.481 e. The summed E-state index contributed by atoms with van der Waals surface area (Å²) in [6, 6.07) is -0.862. The second-order valence-electron chi connectivity index (χ2n) is 5.73. The van der Waals surface area contributed by atoms with Gasteiger partial charge in [0.2, 0.25) is 5.91 Å². The number of carbonyl (C=O) groups is 2. The molecule has 0 aromatic heterocycles. The second kappa shape index (κ2) is 17.2. The molecule has 0 aromatic carbocycles. The normalized spacial score (nSPS) is 12.1. The molecule has 154 valence electrons. The van der Waals surface area contributed by atoms with Crippen molar-refractivity contribution in [1.82, 2.24) is 4.90 Å². The molecule has 1 amide bonds. The summed E-state index contributed by atoms with van der Waals surface area (Å²) in [7, 11) is 0. The van der Waals surface area contributed by atoms with E-state index in [-0.39, 0.29) is 32.3 Å². The first-order valence-corrected chi connectivity index (χ1v) is 9.10. The van der Waals surface area contributed by atoms with Crippen LogP contribution in [-0.2, 0) is 28.5 Å². The van der Waals surface area contributed by atoms with Crippen LogP contribution in [0.5, 0.6) is 0 Å². The van der Waals surface area contributed by atoms with Crippen molar-refractivity contribution < 1.29 is 33.6 Å². The van der Waals surface area contributed by atoms with Gasteiger partial charge in [-0.05, 0) is 19.3 Å². The SMILES string of the molecule is CCCOCOCCN(CCOCOCCC)C(=O)[C@@H](N)CCC(=O)O. The van der Waals surface area contributed by atoms with Gasteiger partial charge < -0.3 is 34.7 Å². The summed E-state index contributed by atoms with van der Waals surface area (Å²) >= 11 is 0. The molecule has 0 aliphatic heterocycles. The summed E-state index contributed by atoms with van der Waals surface area (Å²) in [5.74, 6) is -1.30. The van der Waals surface area contributed by atoms with E-state index in [0.717, 1.165) is 12.8 Å². The Hall–Kier alpha value is -1.26. The molecule has 26 heavy (non-hydrogen) atoms. The number of hydrogen-bond donors (Lipinski definition) is 2. The zero-order valence-corrected chi connectivity index (χ0v) is 16.0. The smallest absolute Gasteiger partial charge is 0.303 e. The van der Waals surface area contributed by atoms with Gasteiger partial charge >= 0.3 is 5.97 Å². The Bertz CT molecular complexity index is 353. The van der Waals surface area contributed by atoms with Crippen LogP contribution in [0.4, 0.5) is 0 Å². The number of rotatable bonds is 18. The highest BCUT2D eigenvalue weighted by atomic mass is 16.7. The van der Waals surface area contributed by atoms with Crippen LogP contribution in [0.1, 0.15) is 39.5 Å². The van der Waals surface area contributed by atoms with Crippen molar-refractivity contribution in [3.05, 3.63) is 0 Å². The first-order valence-electron chi connectivity index (χ1n) is 9.10. The molecule has 3 N–H and O–H groups in total. The molecule has 9 nitrogen and oxygen atoms in total. The molecule has 0 unspecified atom stereocenters. The molecule has 0 aromatic rings. The van der Waals surface area contributed by atoms with E-state index >= 15 is 0 Å².